The summed E-state index contributed by atoms with van der Waals surface area (Å²) in [6.07, 6.45) is 3.55. The summed E-state index contributed by atoms with van der Waals surface area (Å²) in [5.74, 6) is 0.931. The Morgan fingerprint density at radius 3 is 2.19 bits per heavy atom. The van der Waals surface area contributed by atoms with Gasteiger partial charge in [0.15, 0.2) is 6.10 Å². The third-order valence-corrected chi connectivity index (χ3v) is 8.30. The highest BCUT2D eigenvalue weighted by atomic mass is 16.5. The average molecular weight is 590 g/mol. The topological polar surface area (TPSA) is 110 Å². The van der Waals surface area contributed by atoms with Crippen LogP contribution in [0.5, 0.6) is 23.1 Å². The summed E-state index contributed by atoms with van der Waals surface area (Å²) in [6, 6.07) is 12.8. The summed E-state index contributed by atoms with van der Waals surface area (Å²) in [4.78, 5) is 29.4. The van der Waals surface area contributed by atoms with Gasteiger partial charge in [-0.2, -0.15) is 0 Å². The van der Waals surface area contributed by atoms with Gasteiger partial charge in [-0.15, -0.1) is 0 Å². The Labute approximate surface area is 256 Å². The first-order chi connectivity index (χ1) is 20.2. The number of hydrogen-bond acceptors (Lipinski definition) is 6. The number of amides is 2. The number of anilines is 2. The molecule has 0 aliphatic heterocycles. The Hall–Kier alpha value is -4.07. The van der Waals surface area contributed by atoms with Crippen LogP contribution in [0.25, 0.3) is 0 Å². The van der Waals surface area contributed by atoms with Gasteiger partial charge in [-0.05, 0) is 66.3 Å². The van der Waals surface area contributed by atoms with Gasteiger partial charge in [-0.25, -0.2) is 4.98 Å². The van der Waals surface area contributed by atoms with Crippen LogP contribution >= 0.6 is 0 Å². The van der Waals surface area contributed by atoms with Crippen molar-refractivity contribution in [2.24, 2.45) is 0 Å². The van der Waals surface area contributed by atoms with Crippen LogP contribution in [0.1, 0.15) is 97.8 Å². The number of rotatable bonds is 13. The molecule has 232 valence electrons. The van der Waals surface area contributed by atoms with Crippen molar-refractivity contribution in [1.29, 1.82) is 0 Å². The first kappa shape index (κ1) is 33.4. The van der Waals surface area contributed by atoms with Crippen LogP contribution in [-0.4, -0.2) is 28.0 Å². The van der Waals surface area contributed by atoms with Gasteiger partial charge in [-0.1, -0.05) is 67.5 Å². The maximum absolute atomic E-state index is 13.3. The van der Waals surface area contributed by atoms with Crippen molar-refractivity contribution < 1.29 is 24.2 Å². The molecular formula is C35H47N3O5. The molecule has 3 aromatic rings. The molecular weight excluding hydrogens is 542 g/mol. The normalized spacial score (nSPS) is 12.4. The monoisotopic (exact) mass is 589 g/mol. The Morgan fingerprint density at radius 2 is 1.60 bits per heavy atom. The molecule has 3 N–H and O–H groups in total. The van der Waals surface area contributed by atoms with E-state index in [1.54, 1.807) is 32.0 Å². The van der Waals surface area contributed by atoms with Gasteiger partial charge in [-0.3, -0.25) is 9.59 Å². The van der Waals surface area contributed by atoms with Crippen LogP contribution in [0.15, 0.2) is 48.7 Å². The molecule has 1 unspecified atom stereocenters. The molecule has 0 spiro atoms. The molecule has 0 fully saturated rings. The van der Waals surface area contributed by atoms with E-state index in [0.29, 0.717) is 29.3 Å². The first-order valence-electron chi connectivity index (χ1n) is 15.1. The van der Waals surface area contributed by atoms with Gasteiger partial charge in [0.1, 0.15) is 17.2 Å². The fraction of sp³-hybridized carbons (Fsp3) is 0.457. The Kier molecular flexibility index (Phi) is 10.8. The number of nitrogens with one attached hydrogen (secondary N) is 2. The lowest BCUT2D eigenvalue weighted by atomic mass is 9.76. The SMILES string of the molecule is CCC(=O)Nc1cc(Oc2ccc(NC(=O)C(CC)Oc3ccc(C(C)(C)CC)cc3C(C)(C)CC)cn2)c(C)cc1O. The predicted molar refractivity (Wildman–Crippen MR) is 172 cm³/mol. The molecule has 2 aromatic carbocycles. The molecule has 1 atom stereocenters. The molecule has 8 nitrogen and oxygen atoms in total. The third kappa shape index (κ3) is 8.27. The van der Waals surface area contributed by atoms with Crippen molar-refractivity contribution >= 4 is 23.2 Å². The Bertz CT molecular complexity index is 1430. The van der Waals surface area contributed by atoms with E-state index in [4.69, 9.17) is 9.47 Å². The van der Waals surface area contributed by atoms with E-state index >= 15 is 0 Å². The van der Waals surface area contributed by atoms with E-state index in [1.165, 1.54) is 17.8 Å². The standard InChI is InChI=1S/C35H47N3O5/c1-10-28(42-29-16-14-23(34(6,7)12-3)19-25(29)35(8,9)13-4)33(41)37-24-15-17-32(36-21-24)43-30-20-26(38-31(40)11-2)27(39)18-22(30)5/h14-21,28,39H,10-13H2,1-9H3,(H,37,41)(H,38,40). The molecule has 0 bridgehead atoms. The van der Waals surface area contributed by atoms with Crippen molar-refractivity contribution in [1.82, 2.24) is 4.98 Å². The fourth-order valence-corrected chi connectivity index (χ4v) is 4.42. The van der Waals surface area contributed by atoms with E-state index < -0.39 is 6.10 Å². The highest BCUT2D eigenvalue weighted by molar-refractivity contribution is 5.94. The lowest BCUT2D eigenvalue weighted by Gasteiger charge is -2.31. The van der Waals surface area contributed by atoms with Crippen LogP contribution in [0.3, 0.4) is 0 Å². The van der Waals surface area contributed by atoms with E-state index in [-0.39, 0.29) is 40.5 Å². The highest BCUT2D eigenvalue weighted by Crippen LogP contribution is 2.39. The molecule has 0 aliphatic rings. The summed E-state index contributed by atoms with van der Waals surface area (Å²) in [5.41, 5.74) is 3.71. The molecule has 1 aromatic heterocycles. The minimum atomic E-state index is -0.691. The van der Waals surface area contributed by atoms with E-state index in [9.17, 15) is 14.7 Å². The van der Waals surface area contributed by atoms with Gasteiger partial charge in [0, 0.05) is 24.1 Å². The smallest absolute Gasteiger partial charge is 0.265 e. The van der Waals surface area contributed by atoms with Crippen LogP contribution in [0.4, 0.5) is 11.4 Å². The van der Waals surface area contributed by atoms with Crippen LogP contribution in [0, 0.1) is 6.92 Å². The summed E-state index contributed by atoms with van der Waals surface area (Å²) in [5, 5.41) is 15.8. The first-order valence-corrected chi connectivity index (χ1v) is 15.1. The number of benzene rings is 2. The van der Waals surface area contributed by atoms with E-state index in [1.807, 2.05) is 13.0 Å². The van der Waals surface area contributed by atoms with Crippen molar-refractivity contribution in [3.8, 4) is 23.1 Å². The molecule has 0 radical (unpaired) electrons. The van der Waals surface area contributed by atoms with Gasteiger partial charge >= 0.3 is 0 Å². The number of carbonyl (C=O) groups is 2. The van der Waals surface area contributed by atoms with Gasteiger partial charge in [0.25, 0.3) is 5.91 Å². The second kappa shape index (κ2) is 13.9. The number of phenols is 1. The maximum Gasteiger partial charge on any atom is 0.265 e. The highest BCUT2D eigenvalue weighted by Gasteiger charge is 2.29. The van der Waals surface area contributed by atoms with E-state index in [2.05, 4.69) is 69.3 Å². The lowest BCUT2D eigenvalue weighted by molar-refractivity contribution is -0.123. The minimum Gasteiger partial charge on any atom is -0.506 e. The zero-order chi connectivity index (χ0) is 31.9. The van der Waals surface area contributed by atoms with Crippen LogP contribution in [-0.2, 0) is 20.4 Å². The number of pyridine rings is 1. The zero-order valence-electron chi connectivity index (χ0n) is 27.1. The third-order valence-electron chi connectivity index (χ3n) is 8.30. The number of ether oxygens (including phenoxy) is 2. The summed E-state index contributed by atoms with van der Waals surface area (Å²) in [7, 11) is 0. The van der Waals surface area contributed by atoms with Crippen molar-refractivity contribution in [3.63, 3.8) is 0 Å². The zero-order valence-corrected chi connectivity index (χ0v) is 27.1. The summed E-state index contributed by atoms with van der Waals surface area (Å²) >= 11 is 0. The van der Waals surface area contributed by atoms with Crippen molar-refractivity contribution in [2.45, 2.75) is 105 Å². The van der Waals surface area contributed by atoms with Gasteiger partial charge < -0.3 is 25.2 Å². The number of hydrogen-bond donors (Lipinski definition) is 3. The lowest BCUT2D eigenvalue weighted by Crippen LogP contribution is -2.33. The molecule has 1 heterocycles. The fourth-order valence-electron chi connectivity index (χ4n) is 4.42. The second-order valence-corrected chi connectivity index (χ2v) is 12.2. The molecule has 3 rings (SSSR count). The van der Waals surface area contributed by atoms with Crippen molar-refractivity contribution in [3.05, 3.63) is 65.4 Å². The number of aryl methyl sites for hydroxylation is 1. The largest absolute Gasteiger partial charge is 0.506 e. The number of carbonyl (C=O) groups excluding carboxylic acids is 2. The average Bonchev–Trinajstić information content (AvgIpc) is 2.98. The van der Waals surface area contributed by atoms with Crippen LogP contribution < -0.4 is 20.1 Å². The predicted octanol–water partition coefficient (Wildman–Crippen LogP) is 8.41. The molecule has 43 heavy (non-hydrogen) atoms. The van der Waals surface area contributed by atoms with Gasteiger partial charge in [0.05, 0.1) is 17.6 Å². The Morgan fingerprint density at radius 1 is 0.907 bits per heavy atom. The number of aromatic hydroxyl groups is 1. The second-order valence-electron chi connectivity index (χ2n) is 12.2. The summed E-state index contributed by atoms with van der Waals surface area (Å²) < 4.78 is 12.3. The minimum absolute atomic E-state index is 0.0375. The van der Waals surface area contributed by atoms with E-state index in [0.717, 1.165) is 24.2 Å². The Balaban J connectivity index is 1.76. The molecule has 8 heteroatoms. The number of phenolic OH excluding ortho intramolecular Hbond substituents is 1. The van der Waals surface area contributed by atoms with Gasteiger partial charge in [0.2, 0.25) is 11.8 Å². The van der Waals surface area contributed by atoms with Crippen LogP contribution in [0.2, 0.25) is 0 Å². The quantitative estimate of drug-likeness (QED) is 0.173. The molecule has 2 amide bonds. The number of aromatic nitrogens is 1. The van der Waals surface area contributed by atoms with Crippen molar-refractivity contribution in [2.75, 3.05) is 10.6 Å². The number of nitrogens with zero attached hydrogens (tertiary/aromatic N) is 1. The molecule has 0 aliphatic carbocycles. The maximum atomic E-state index is 13.3. The molecule has 0 saturated heterocycles. The molecule has 0 saturated carbocycles. The summed E-state index contributed by atoms with van der Waals surface area (Å²) in [6.45, 7) is 18.7.